The van der Waals surface area contributed by atoms with E-state index in [4.69, 9.17) is 0 Å². The molecule has 0 bridgehead atoms. The molecule has 27 heavy (non-hydrogen) atoms. The maximum absolute atomic E-state index is 12.8. The third-order valence-corrected chi connectivity index (χ3v) is 5.69. The fraction of sp³-hybridized carbons (Fsp3) is 0.364. The molecule has 2 aromatic rings. The highest BCUT2D eigenvalue weighted by Gasteiger charge is 2.49. The number of piperidine rings is 1. The van der Waals surface area contributed by atoms with Gasteiger partial charge in [-0.05, 0) is 55.5 Å². The number of rotatable bonds is 4. The average Bonchev–Trinajstić information content (AvgIpc) is 2.65. The van der Waals surface area contributed by atoms with Gasteiger partial charge in [-0.2, -0.15) is 0 Å². The van der Waals surface area contributed by atoms with Crippen molar-refractivity contribution in [3.05, 3.63) is 70.8 Å². The number of hydrogen-bond donors (Lipinski definition) is 2. The highest BCUT2D eigenvalue weighted by molar-refractivity contribution is 5.94. The second-order valence-electron chi connectivity index (χ2n) is 7.44. The van der Waals surface area contributed by atoms with Crippen molar-refractivity contribution in [2.24, 2.45) is 5.41 Å². The summed E-state index contributed by atoms with van der Waals surface area (Å²) in [4.78, 5) is 26.4. The van der Waals surface area contributed by atoms with Crippen molar-refractivity contribution in [2.75, 3.05) is 13.1 Å². The lowest BCUT2D eigenvalue weighted by atomic mass is 9.71. The Bertz CT molecular complexity index is 849. The summed E-state index contributed by atoms with van der Waals surface area (Å²) in [5, 5.41) is 20.6. The number of carboxylic acid groups (broad SMARTS) is 1. The number of aliphatic hydroxyl groups excluding tert-OH is 1. The van der Waals surface area contributed by atoms with E-state index in [0.717, 1.165) is 16.7 Å². The van der Waals surface area contributed by atoms with Crippen LogP contribution in [0.3, 0.4) is 0 Å². The molecule has 1 fully saturated rings. The molecule has 1 amide bonds. The van der Waals surface area contributed by atoms with Crippen LogP contribution in [0.4, 0.5) is 0 Å². The van der Waals surface area contributed by atoms with Crippen molar-refractivity contribution >= 4 is 11.9 Å². The minimum absolute atomic E-state index is 0.0187. The van der Waals surface area contributed by atoms with Crippen LogP contribution >= 0.6 is 0 Å². The molecule has 0 aliphatic carbocycles. The number of carbonyl (C=O) groups excluding carboxylic acids is 1. The quantitative estimate of drug-likeness (QED) is 0.871. The monoisotopic (exact) mass is 367 g/mol. The second kappa shape index (κ2) is 7.53. The van der Waals surface area contributed by atoms with E-state index in [1.165, 1.54) is 0 Å². The lowest BCUT2D eigenvalue weighted by Gasteiger charge is -2.43. The van der Waals surface area contributed by atoms with Crippen LogP contribution in [0.5, 0.6) is 0 Å². The lowest BCUT2D eigenvalue weighted by Crippen LogP contribution is -2.57. The molecule has 0 spiro atoms. The zero-order valence-corrected chi connectivity index (χ0v) is 15.7. The molecule has 2 atom stereocenters. The van der Waals surface area contributed by atoms with E-state index < -0.39 is 17.5 Å². The van der Waals surface area contributed by atoms with E-state index in [1.54, 1.807) is 11.0 Å². The number of hydrogen-bond acceptors (Lipinski definition) is 3. The summed E-state index contributed by atoms with van der Waals surface area (Å²) < 4.78 is 0. The zero-order chi connectivity index (χ0) is 19.6. The summed E-state index contributed by atoms with van der Waals surface area (Å²) in [6.45, 7) is 4.26. The Hall–Kier alpha value is -2.66. The van der Waals surface area contributed by atoms with Crippen molar-refractivity contribution in [3.63, 3.8) is 0 Å². The van der Waals surface area contributed by atoms with Gasteiger partial charge in [0.25, 0.3) is 5.91 Å². The van der Waals surface area contributed by atoms with Crippen LogP contribution in [0.1, 0.15) is 33.5 Å². The summed E-state index contributed by atoms with van der Waals surface area (Å²) in [5.74, 6) is -1.19. The van der Waals surface area contributed by atoms with Crippen molar-refractivity contribution < 1.29 is 19.8 Å². The molecule has 0 aromatic heterocycles. The molecule has 1 saturated heterocycles. The van der Waals surface area contributed by atoms with Gasteiger partial charge in [0.15, 0.2) is 0 Å². The van der Waals surface area contributed by atoms with Crippen LogP contribution in [0, 0.1) is 19.3 Å². The van der Waals surface area contributed by atoms with Crippen LogP contribution in [-0.2, 0) is 11.2 Å². The van der Waals surface area contributed by atoms with E-state index >= 15 is 0 Å². The summed E-state index contributed by atoms with van der Waals surface area (Å²) >= 11 is 0. The van der Waals surface area contributed by atoms with Gasteiger partial charge in [-0.1, -0.05) is 36.4 Å². The van der Waals surface area contributed by atoms with Gasteiger partial charge in [-0.25, -0.2) is 0 Å². The number of aliphatic carboxylic acids is 1. The fourth-order valence-electron chi connectivity index (χ4n) is 3.71. The minimum Gasteiger partial charge on any atom is -0.481 e. The first kappa shape index (κ1) is 19.1. The maximum atomic E-state index is 12.8. The molecule has 1 unspecified atom stereocenters. The molecule has 0 saturated carbocycles. The summed E-state index contributed by atoms with van der Waals surface area (Å²) in [6, 6.07) is 14.8. The molecule has 3 rings (SSSR count). The van der Waals surface area contributed by atoms with E-state index in [0.29, 0.717) is 12.1 Å². The standard InChI is InChI=1S/C22H25NO4/c1-15-8-9-18(12-16(15)2)20(25)23-11-10-22(21(26)27,19(24)14-23)13-17-6-4-3-5-7-17/h3-9,12,19,24H,10-11,13-14H2,1-2H3,(H,26,27)/t19?,22-/m1/s1. The Morgan fingerprint density at radius 2 is 1.81 bits per heavy atom. The molecule has 1 aliphatic heterocycles. The first-order valence-electron chi connectivity index (χ1n) is 9.15. The molecule has 5 nitrogen and oxygen atoms in total. The van der Waals surface area contributed by atoms with Crippen LogP contribution in [-0.4, -0.2) is 46.2 Å². The third-order valence-electron chi connectivity index (χ3n) is 5.69. The summed E-state index contributed by atoms with van der Waals surface area (Å²) in [6.07, 6.45) is -0.662. The Morgan fingerprint density at radius 3 is 2.41 bits per heavy atom. The zero-order valence-electron chi connectivity index (χ0n) is 15.7. The van der Waals surface area contributed by atoms with Crippen LogP contribution in [0.25, 0.3) is 0 Å². The second-order valence-corrected chi connectivity index (χ2v) is 7.44. The molecule has 5 heteroatoms. The molecule has 2 N–H and O–H groups in total. The van der Waals surface area contributed by atoms with E-state index in [9.17, 15) is 19.8 Å². The fourth-order valence-corrected chi connectivity index (χ4v) is 3.71. The van der Waals surface area contributed by atoms with Gasteiger partial charge in [0.2, 0.25) is 0 Å². The van der Waals surface area contributed by atoms with Crippen molar-refractivity contribution in [3.8, 4) is 0 Å². The minimum atomic E-state index is -1.28. The number of carboxylic acids is 1. The average molecular weight is 367 g/mol. The molecular weight excluding hydrogens is 342 g/mol. The summed E-state index contributed by atoms with van der Waals surface area (Å²) in [7, 11) is 0. The Morgan fingerprint density at radius 1 is 1.11 bits per heavy atom. The number of likely N-dealkylation sites (tertiary alicyclic amines) is 1. The number of aryl methyl sites for hydroxylation is 2. The number of aliphatic hydroxyl groups is 1. The van der Waals surface area contributed by atoms with Crippen molar-refractivity contribution in [1.29, 1.82) is 0 Å². The Balaban J connectivity index is 1.79. The maximum Gasteiger partial charge on any atom is 0.312 e. The summed E-state index contributed by atoms with van der Waals surface area (Å²) in [5.41, 5.74) is 2.30. The smallest absolute Gasteiger partial charge is 0.312 e. The number of nitrogens with zero attached hydrogens (tertiary/aromatic N) is 1. The van der Waals surface area contributed by atoms with Gasteiger partial charge in [-0.15, -0.1) is 0 Å². The lowest BCUT2D eigenvalue weighted by molar-refractivity contribution is -0.161. The third kappa shape index (κ3) is 3.74. The largest absolute Gasteiger partial charge is 0.481 e. The highest BCUT2D eigenvalue weighted by atomic mass is 16.4. The van der Waals surface area contributed by atoms with Crippen LogP contribution in [0.15, 0.2) is 48.5 Å². The molecular formula is C22H25NO4. The van der Waals surface area contributed by atoms with Crippen LogP contribution in [0.2, 0.25) is 0 Å². The number of benzene rings is 2. The van der Waals surface area contributed by atoms with Crippen molar-refractivity contribution in [1.82, 2.24) is 4.90 Å². The SMILES string of the molecule is Cc1ccc(C(=O)N2CC[C@](Cc3ccccc3)(C(=O)O)C(O)C2)cc1C. The number of β-amino-alcohol motifs (C(OH)–C–C–N with tert-alkyl or cyclic N) is 1. The highest BCUT2D eigenvalue weighted by Crippen LogP contribution is 2.36. The molecule has 142 valence electrons. The Kier molecular flexibility index (Phi) is 5.33. The first-order chi connectivity index (χ1) is 12.8. The molecule has 1 aliphatic rings. The van der Waals surface area contributed by atoms with Gasteiger partial charge in [0.1, 0.15) is 5.41 Å². The molecule has 2 aromatic carbocycles. The van der Waals surface area contributed by atoms with Gasteiger partial charge >= 0.3 is 5.97 Å². The van der Waals surface area contributed by atoms with Gasteiger partial charge in [0, 0.05) is 18.7 Å². The molecule has 0 radical (unpaired) electrons. The van der Waals surface area contributed by atoms with Crippen LogP contribution < -0.4 is 0 Å². The predicted molar refractivity (Wildman–Crippen MR) is 103 cm³/mol. The normalized spacial score (nSPS) is 22.5. The van der Waals surface area contributed by atoms with E-state index in [2.05, 4.69) is 0 Å². The van der Waals surface area contributed by atoms with E-state index in [-0.39, 0.29) is 25.3 Å². The van der Waals surface area contributed by atoms with E-state index in [1.807, 2.05) is 56.3 Å². The van der Waals surface area contributed by atoms with Crippen molar-refractivity contribution in [2.45, 2.75) is 32.8 Å². The number of amides is 1. The Labute approximate surface area is 159 Å². The van der Waals surface area contributed by atoms with Gasteiger partial charge in [-0.3, -0.25) is 9.59 Å². The van der Waals surface area contributed by atoms with Gasteiger partial charge in [0.05, 0.1) is 6.10 Å². The topological polar surface area (TPSA) is 77.8 Å². The number of carbonyl (C=O) groups is 2. The molecule has 1 heterocycles. The first-order valence-corrected chi connectivity index (χ1v) is 9.15. The van der Waals surface area contributed by atoms with Gasteiger partial charge < -0.3 is 15.1 Å². The predicted octanol–water partition coefficient (Wildman–Crippen LogP) is 2.82.